The average Bonchev–Trinajstić information content (AvgIpc) is 3.27. The highest BCUT2D eigenvalue weighted by atomic mass is 16.5. The molecule has 0 bridgehead atoms. The van der Waals surface area contributed by atoms with Crippen LogP contribution in [0, 0.1) is 13.8 Å². The molecule has 0 radical (unpaired) electrons. The number of tetrazole rings is 1. The first-order valence-corrected chi connectivity index (χ1v) is 11.3. The standard InChI is InChI=1S/C25H34N6O/c1-18-8-7-9-22(19(18)2)29-14-16-30(17-15-29)23(20-10-12-21(32-6)13-11-20)24-26-27-28-31(24)25(3,4)5/h7-13,23H,14-17H2,1-6H3/t23-/m1/s1. The van der Waals surface area contributed by atoms with Crippen LogP contribution in [0.1, 0.15) is 49.3 Å². The van der Waals surface area contributed by atoms with E-state index in [1.165, 1.54) is 22.4 Å². The molecule has 3 aromatic rings. The molecule has 7 heteroatoms. The molecular formula is C25H34N6O. The van der Waals surface area contributed by atoms with Gasteiger partial charge in [-0.25, -0.2) is 4.68 Å². The second kappa shape index (κ2) is 8.90. The second-order valence-corrected chi connectivity index (χ2v) is 9.54. The first-order chi connectivity index (χ1) is 15.3. The highest BCUT2D eigenvalue weighted by Crippen LogP contribution is 2.32. The molecule has 0 spiro atoms. The van der Waals surface area contributed by atoms with Crippen LogP contribution in [0.3, 0.4) is 0 Å². The maximum atomic E-state index is 5.38. The molecule has 0 saturated carbocycles. The molecule has 32 heavy (non-hydrogen) atoms. The summed E-state index contributed by atoms with van der Waals surface area (Å²) >= 11 is 0. The summed E-state index contributed by atoms with van der Waals surface area (Å²) < 4.78 is 7.34. The topological polar surface area (TPSA) is 59.3 Å². The van der Waals surface area contributed by atoms with Crippen LogP contribution in [0.5, 0.6) is 5.75 Å². The van der Waals surface area contributed by atoms with E-state index < -0.39 is 0 Å². The van der Waals surface area contributed by atoms with Gasteiger partial charge >= 0.3 is 0 Å². The Hall–Kier alpha value is -2.93. The van der Waals surface area contributed by atoms with Crippen molar-refractivity contribution < 1.29 is 4.74 Å². The highest BCUT2D eigenvalue weighted by Gasteiger charge is 2.33. The first-order valence-electron chi connectivity index (χ1n) is 11.3. The second-order valence-electron chi connectivity index (χ2n) is 9.54. The molecule has 1 atom stereocenters. The van der Waals surface area contributed by atoms with Crippen LogP contribution in [-0.2, 0) is 5.54 Å². The third kappa shape index (κ3) is 4.35. The summed E-state index contributed by atoms with van der Waals surface area (Å²) in [5.74, 6) is 1.73. The Bertz CT molecular complexity index is 1050. The molecule has 0 N–H and O–H groups in total. The van der Waals surface area contributed by atoms with Gasteiger partial charge in [0.1, 0.15) is 5.75 Å². The Balaban J connectivity index is 1.64. The molecular weight excluding hydrogens is 400 g/mol. The number of aromatic nitrogens is 4. The van der Waals surface area contributed by atoms with Gasteiger partial charge in [0.15, 0.2) is 5.82 Å². The molecule has 0 aliphatic carbocycles. The van der Waals surface area contributed by atoms with E-state index in [0.717, 1.165) is 37.8 Å². The molecule has 0 amide bonds. The van der Waals surface area contributed by atoms with Gasteiger partial charge in [0, 0.05) is 31.9 Å². The van der Waals surface area contributed by atoms with Crippen molar-refractivity contribution in [3.63, 3.8) is 0 Å². The Kier molecular flexibility index (Phi) is 6.20. The van der Waals surface area contributed by atoms with Gasteiger partial charge in [0.2, 0.25) is 0 Å². The van der Waals surface area contributed by atoms with E-state index in [1.807, 2.05) is 16.8 Å². The largest absolute Gasteiger partial charge is 0.497 e. The zero-order valence-corrected chi connectivity index (χ0v) is 20.0. The molecule has 7 nitrogen and oxygen atoms in total. The number of nitrogens with zero attached hydrogens (tertiary/aromatic N) is 6. The van der Waals surface area contributed by atoms with Crippen LogP contribution in [0.2, 0.25) is 0 Å². The molecule has 1 aliphatic heterocycles. The number of anilines is 1. The Morgan fingerprint density at radius 2 is 1.62 bits per heavy atom. The summed E-state index contributed by atoms with van der Waals surface area (Å²) in [4.78, 5) is 4.99. The van der Waals surface area contributed by atoms with Crippen molar-refractivity contribution in [3.8, 4) is 5.75 Å². The van der Waals surface area contributed by atoms with E-state index in [0.29, 0.717) is 0 Å². The van der Waals surface area contributed by atoms with E-state index >= 15 is 0 Å². The van der Waals surface area contributed by atoms with Crippen LogP contribution in [-0.4, -0.2) is 58.4 Å². The van der Waals surface area contributed by atoms with Crippen molar-refractivity contribution in [2.45, 2.75) is 46.2 Å². The fraction of sp³-hybridized carbons (Fsp3) is 0.480. The summed E-state index contributed by atoms with van der Waals surface area (Å²) in [7, 11) is 1.69. The maximum absolute atomic E-state index is 5.38. The minimum Gasteiger partial charge on any atom is -0.497 e. The van der Waals surface area contributed by atoms with E-state index in [4.69, 9.17) is 4.74 Å². The molecule has 1 aromatic heterocycles. The van der Waals surface area contributed by atoms with Crippen LogP contribution in [0.15, 0.2) is 42.5 Å². The van der Waals surface area contributed by atoms with Crippen molar-refractivity contribution in [2.75, 3.05) is 38.2 Å². The van der Waals surface area contributed by atoms with Gasteiger partial charge in [-0.05, 0) is 79.9 Å². The molecule has 1 saturated heterocycles. The monoisotopic (exact) mass is 434 g/mol. The van der Waals surface area contributed by atoms with Gasteiger partial charge in [-0.15, -0.1) is 5.10 Å². The Morgan fingerprint density at radius 3 is 2.25 bits per heavy atom. The summed E-state index contributed by atoms with van der Waals surface area (Å²) in [5.41, 5.74) is 5.01. The maximum Gasteiger partial charge on any atom is 0.173 e. The van der Waals surface area contributed by atoms with Crippen molar-refractivity contribution in [1.82, 2.24) is 25.1 Å². The van der Waals surface area contributed by atoms with Crippen molar-refractivity contribution in [2.24, 2.45) is 0 Å². The summed E-state index contributed by atoms with van der Waals surface area (Å²) in [6.45, 7) is 14.6. The van der Waals surface area contributed by atoms with Crippen molar-refractivity contribution in [1.29, 1.82) is 0 Å². The van der Waals surface area contributed by atoms with Gasteiger partial charge < -0.3 is 9.64 Å². The van der Waals surface area contributed by atoms with Gasteiger partial charge in [0.05, 0.1) is 18.7 Å². The lowest BCUT2D eigenvalue weighted by atomic mass is 10.0. The Labute approximate surface area is 191 Å². The lowest BCUT2D eigenvalue weighted by Crippen LogP contribution is -2.49. The summed E-state index contributed by atoms with van der Waals surface area (Å²) in [5, 5.41) is 12.9. The highest BCUT2D eigenvalue weighted by molar-refractivity contribution is 5.56. The van der Waals surface area contributed by atoms with Gasteiger partial charge in [0.25, 0.3) is 0 Å². The molecule has 2 heterocycles. The van der Waals surface area contributed by atoms with E-state index in [-0.39, 0.29) is 11.6 Å². The fourth-order valence-electron chi connectivity index (χ4n) is 4.45. The SMILES string of the molecule is COc1ccc([C@H](c2nnnn2C(C)(C)C)N2CCN(c3cccc(C)c3C)CC2)cc1. The molecule has 170 valence electrons. The quantitative estimate of drug-likeness (QED) is 0.606. The lowest BCUT2D eigenvalue weighted by Gasteiger charge is -2.41. The molecule has 2 aromatic carbocycles. The van der Waals surface area contributed by atoms with E-state index in [9.17, 15) is 0 Å². The zero-order chi connectivity index (χ0) is 22.9. The predicted octanol–water partition coefficient (Wildman–Crippen LogP) is 3.97. The van der Waals surface area contributed by atoms with Crippen molar-refractivity contribution >= 4 is 5.69 Å². The van der Waals surface area contributed by atoms with E-state index in [2.05, 4.69) is 90.3 Å². The molecule has 1 aliphatic rings. The first kappa shape index (κ1) is 22.3. The van der Waals surface area contributed by atoms with Gasteiger partial charge in [-0.2, -0.15) is 0 Å². The number of piperazine rings is 1. The van der Waals surface area contributed by atoms with Gasteiger partial charge in [-0.3, -0.25) is 4.90 Å². The molecule has 0 unspecified atom stereocenters. The summed E-state index contributed by atoms with van der Waals surface area (Å²) in [6.07, 6.45) is 0. The number of rotatable bonds is 5. The number of hydrogen-bond donors (Lipinski definition) is 0. The van der Waals surface area contributed by atoms with Gasteiger partial charge in [-0.1, -0.05) is 24.3 Å². The number of methoxy groups -OCH3 is 1. The fourth-order valence-corrected chi connectivity index (χ4v) is 4.45. The number of hydrogen-bond acceptors (Lipinski definition) is 6. The lowest BCUT2D eigenvalue weighted by molar-refractivity contribution is 0.191. The minimum absolute atomic E-state index is 0.0177. The van der Waals surface area contributed by atoms with Crippen molar-refractivity contribution in [3.05, 3.63) is 65.0 Å². The molecule has 1 fully saturated rings. The average molecular weight is 435 g/mol. The zero-order valence-electron chi connectivity index (χ0n) is 20.0. The predicted molar refractivity (Wildman–Crippen MR) is 127 cm³/mol. The van der Waals surface area contributed by atoms with Crippen LogP contribution >= 0.6 is 0 Å². The smallest absolute Gasteiger partial charge is 0.173 e. The Morgan fingerprint density at radius 1 is 0.938 bits per heavy atom. The van der Waals surface area contributed by atoms with E-state index in [1.54, 1.807) is 7.11 Å². The summed E-state index contributed by atoms with van der Waals surface area (Å²) in [6, 6.07) is 14.8. The minimum atomic E-state index is -0.204. The third-order valence-electron chi connectivity index (χ3n) is 6.40. The van der Waals surface area contributed by atoms with Crippen LogP contribution in [0.4, 0.5) is 5.69 Å². The van der Waals surface area contributed by atoms with Crippen LogP contribution < -0.4 is 9.64 Å². The molecule has 4 rings (SSSR count). The number of aryl methyl sites for hydroxylation is 1. The number of benzene rings is 2. The normalized spacial score (nSPS) is 16.2. The third-order valence-corrected chi connectivity index (χ3v) is 6.40. The van der Waals surface area contributed by atoms with Crippen LogP contribution in [0.25, 0.3) is 0 Å². The number of ether oxygens (including phenoxy) is 1.